The van der Waals surface area contributed by atoms with Gasteiger partial charge in [0.05, 0.1) is 11.0 Å². The predicted molar refractivity (Wildman–Crippen MR) is 489 cm³/mol. The van der Waals surface area contributed by atoms with E-state index in [1.165, 1.54) is 165 Å². The molecule has 3 aliphatic rings. The van der Waals surface area contributed by atoms with Crippen LogP contribution in [-0.4, -0.2) is 24.7 Å². The van der Waals surface area contributed by atoms with E-state index in [1.54, 1.807) is 0 Å². The van der Waals surface area contributed by atoms with Crippen molar-refractivity contribution in [3.05, 3.63) is 400 Å². The Morgan fingerprint density at radius 2 is 0.474 bits per heavy atom. The van der Waals surface area contributed by atoms with Crippen molar-refractivity contribution in [3.63, 3.8) is 0 Å². The molecule has 18 aromatic carbocycles. The maximum absolute atomic E-state index is 6.59. The highest BCUT2D eigenvalue weighted by Gasteiger charge is 2.38. The third kappa shape index (κ3) is 10.1. The Kier molecular flexibility index (Phi) is 15.0. The lowest BCUT2D eigenvalue weighted by molar-refractivity contribution is 0.668. The molecule has 116 heavy (non-hydrogen) atoms. The van der Waals surface area contributed by atoms with Crippen molar-refractivity contribution in [3.8, 4) is 72.4 Å². The standard InChI is InChI=1S/C42H26BNO.C36H21BO2.C30H19BO/c1-6-16-35-29(11-1)32-25-26-40-42(34-15-5-10-20-39(34)45-40)41(32)33-14-2-7-17-36(33)43(35)27-21-23-28(24-22-27)44-37-18-8-3-12-30(37)31-13-4-9-19-38(31)44;1-5-15-28-22(10-1)24-20-21-33-35(27-13-4-8-19-32(27)38-33)34(24)26-12-2-6-16-29(26)37(28)30-17-9-14-25-23-11-3-7-18-31(23)39-36(25)30;1-2-10-20(11-3-1)31-25-15-7-4-12-21(25)22-18-19-28-30(24-14-6-9-17-27(24)32-28)29(22)23-13-5-8-16-26(23)31/h1-26H;1-21H;1-19H. The molecule has 0 bridgehead atoms. The van der Waals surface area contributed by atoms with Gasteiger partial charge in [0, 0.05) is 76.2 Å². The highest BCUT2D eigenvalue weighted by molar-refractivity contribution is 6.99. The molecule has 26 rings (SSSR count). The van der Waals surface area contributed by atoms with Crippen LogP contribution >= 0.6 is 0 Å². The molecule has 0 amide bonds. The summed E-state index contributed by atoms with van der Waals surface area (Å²) in [5.41, 5.74) is 37.8. The molecule has 23 aromatic rings. The van der Waals surface area contributed by atoms with Gasteiger partial charge in [0.2, 0.25) is 20.1 Å². The third-order valence-electron chi connectivity index (χ3n) is 24.9. The van der Waals surface area contributed by atoms with Gasteiger partial charge in [-0.1, -0.05) is 377 Å². The minimum absolute atomic E-state index is 0.00211. The number of para-hydroxylation sites is 7. The smallest absolute Gasteiger partial charge is 0.247 e. The van der Waals surface area contributed by atoms with Crippen LogP contribution in [0.2, 0.25) is 0 Å². The number of furan rings is 4. The van der Waals surface area contributed by atoms with Crippen LogP contribution in [0.3, 0.4) is 0 Å². The maximum Gasteiger partial charge on any atom is 0.247 e. The Morgan fingerprint density at radius 3 is 0.905 bits per heavy atom. The van der Waals surface area contributed by atoms with E-state index in [9.17, 15) is 0 Å². The van der Waals surface area contributed by atoms with Crippen LogP contribution in [0.5, 0.6) is 0 Å². The van der Waals surface area contributed by atoms with Crippen LogP contribution in [0.4, 0.5) is 0 Å². The summed E-state index contributed by atoms with van der Waals surface area (Å²) in [6.07, 6.45) is 0. The molecule has 5 aromatic heterocycles. The highest BCUT2D eigenvalue weighted by atomic mass is 16.3. The summed E-state index contributed by atoms with van der Waals surface area (Å²) in [6, 6.07) is 144. The molecule has 3 aliphatic heterocycles. The minimum Gasteiger partial charge on any atom is -0.457 e. The minimum atomic E-state index is 0.00211. The second-order valence-electron chi connectivity index (χ2n) is 30.9. The molecule has 0 aliphatic carbocycles. The molecule has 0 unspecified atom stereocenters. The van der Waals surface area contributed by atoms with Gasteiger partial charge in [-0.2, -0.15) is 0 Å². The molecular weight excluding hydrogens is 1410 g/mol. The Hall–Kier alpha value is -14.8. The van der Waals surface area contributed by atoms with Crippen molar-refractivity contribution in [2.24, 2.45) is 0 Å². The lowest BCUT2D eigenvalue weighted by atomic mass is 9.35. The number of rotatable bonds is 4. The molecule has 0 N–H and O–H groups in total. The molecule has 0 spiro atoms. The van der Waals surface area contributed by atoms with Crippen LogP contribution in [-0.2, 0) is 0 Å². The molecule has 0 radical (unpaired) electrons. The second kappa shape index (κ2) is 26.4. The zero-order chi connectivity index (χ0) is 76.1. The SMILES string of the molecule is c1ccc(B2c3ccccc3-c3ccc4oc5ccccc5c4c3-c3ccccc32)cc1.c1ccc2c(c1)B(c1ccc(-n3c4ccccc4c4ccccc43)cc1)c1ccccc1-c1c-2ccc2oc3ccccc3c12.c1ccc2c(c1)B(c1cccc3c1oc1ccccc13)c1ccccc1-c1c-2ccc2oc3ccccc3c12. The Morgan fingerprint density at radius 1 is 0.172 bits per heavy atom. The van der Waals surface area contributed by atoms with E-state index in [1.807, 2.05) is 24.3 Å². The van der Waals surface area contributed by atoms with Crippen molar-refractivity contribution in [1.29, 1.82) is 0 Å². The molecular formula is C108H66B3NO4. The second-order valence-corrected chi connectivity index (χ2v) is 30.9. The Labute approximate surface area is 669 Å². The van der Waals surface area contributed by atoms with Gasteiger partial charge in [-0.3, -0.25) is 0 Å². The van der Waals surface area contributed by atoms with Crippen molar-refractivity contribution in [1.82, 2.24) is 4.57 Å². The summed E-state index contributed by atoms with van der Waals surface area (Å²) in [4.78, 5) is 0. The highest BCUT2D eigenvalue weighted by Crippen LogP contribution is 2.48. The van der Waals surface area contributed by atoms with Crippen LogP contribution in [0.1, 0.15) is 0 Å². The average molecular weight is 1470 g/mol. The molecule has 536 valence electrons. The lowest BCUT2D eigenvalue weighted by Gasteiger charge is -2.19. The lowest BCUT2D eigenvalue weighted by Crippen LogP contribution is -2.52. The average Bonchev–Trinajstić information content (AvgIpc) is 1.55. The number of benzene rings is 18. The quantitative estimate of drug-likeness (QED) is 0.165. The topological polar surface area (TPSA) is 57.5 Å². The third-order valence-corrected chi connectivity index (χ3v) is 24.9. The molecule has 0 atom stereocenters. The first-order valence-electron chi connectivity index (χ1n) is 40.0. The van der Waals surface area contributed by atoms with E-state index < -0.39 is 0 Å². The van der Waals surface area contributed by atoms with E-state index in [0.717, 1.165) is 66.2 Å². The van der Waals surface area contributed by atoms with Gasteiger partial charge in [0.1, 0.15) is 44.7 Å². The zero-order valence-corrected chi connectivity index (χ0v) is 62.9. The van der Waals surface area contributed by atoms with Crippen LogP contribution in [0, 0.1) is 0 Å². The molecule has 0 saturated heterocycles. The van der Waals surface area contributed by atoms with Gasteiger partial charge >= 0.3 is 0 Å². The summed E-state index contributed by atoms with van der Waals surface area (Å²) in [5.74, 6) is 0. The fraction of sp³-hybridized carbons (Fsp3) is 0. The zero-order valence-electron chi connectivity index (χ0n) is 62.9. The summed E-state index contributed by atoms with van der Waals surface area (Å²) < 4.78 is 28.0. The van der Waals surface area contributed by atoms with E-state index in [0.29, 0.717) is 0 Å². The molecule has 0 fully saturated rings. The molecule has 0 saturated carbocycles. The van der Waals surface area contributed by atoms with Crippen molar-refractivity contribution >= 4 is 179 Å². The fourth-order valence-corrected chi connectivity index (χ4v) is 20.1. The van der Waals surface area contributed by atoms with Crippen LogP contribution in [0.15, 0.2) is 418 Å². The number of hydrogen-bond acceptors (Lipinski definition) is 4. The van der Waals surface area contributed by atoms with E-state index in [-0.39, 0.29) is 20.1 Å². The number of hydrogen-bond donors (Lipinski definition) is 0. The van der Waals surface area contributed by atoms with Gasteiger partial charge < -0.3 is 22.2 Å². The molecule has 8 heterocycles. The van der Waals surface area contributed by atoms with Crippen molar-refractivity contribution in [2.45, 2.75) is 0 Å². The predicted octanol–water partition coefficient (Wildman–Crippen LogP) is 22.2. The van der Waals surface area contributed by atoms with Gasteiger partial charge in [-0.05, 0) is 122 Å². The monoisotopic (exact) mass is 1470 g/mol. The molecule has 5 nitrogen and oxygen atoms in total. The maximum atomic E-state index is 6.59. The summed E-state index contributed by atoms with van der Waals surface area (Å²) in [5, 5.41) is 11.9. The Balaban J connectivity index is 0.000000101. The van der Waals surface area contributed by atoms with Crippen LogP contribution in [0.25, 0.3) is 182 Å². The van der Waals surface area contributed by atoms with Crippen molar-refractivity contribution in [2.75, 3.05) is 0 Å². The van der Waals surface area contributed by atoms with E-state index in [2.05, 4.69) is 381 Å². The Bertz CT molecular complexity index is 7900. The van der Waals surface area contributed by atoms with Gasteiger partial charge in [-0.15, -0.1) is 0 Å². The summed E-state index contributed by atoms with van der Waals surface area (Å²) in [6.45, 7) is 0.247. The number of aromatic nitrogens is 1. The summed E-state index contributed by atoms with van der Waals surface area (Å²) in [7, 11) is 0. The number of nitrogens with zero attached hydrogens (tertiary/aromatic N) is 1. The fourth-order valence-electron chi connectivity index (χ4n) is 20.1. The van der Waals surface area contributed by atoms with Gasteiger partial charge in [-0.25, -0.2) is 0 Å². The van der Waals surface area contributed by atoms with Gasteiger partial charge in [0.15, 0.2) is 0 Å². The van der Waals surface area contributed by atoms with E-state index in [4.69, 9.17) is 17.7 Å². The first-order valence-corrected chi connectivity index (χ1v) is 40.0. The van der Waals surface area contributed by atoms with Crippen molar-refractivity contribution < 1.29 is 17.7 Å². The summed E-state index contributed by atoms with van der Waals surface area (Å²) >= 11 is 0. The van der Waals surface area contributed by atoms with Crippen LogP contribution < -0.4 is 49.2 Å². The first-order chi connectivity index (χ1) is 57.6. The van der Waals surface area contributed by atoms with E-state index >= 15 is 0 Å². The normalized spacial score (nSPS) is 12.4. The molecule has 8 heteroatoms. The number of fused-ring (bicyclic) bond motifs is 33. The van der Waals surface area contributed by atoms with Gasteiger partial charge in [0.25, 0.3) is 0 Å². The first kappa shape index (κ1) is 65.8. The largest absolute Gasteiger partial charge is 0.457 e.